The Morgan fingerprint density at radius 1 is 1.15 bits per heavy atom. The second-order valence-electron chi connectivity index (χ2n) is 3.81. The van der Waals surface area contributed by atoms with Crippen molar-refractivity contribution in [1.29, 1.82) is 5.26 Å². The Labute approximate surface area is 124 Å². The van der Waals surface area contributed by atoms with Gasteiger partial charge in [-0.1, -0.05) is 23.2 Å². The largest absolute Gasteiger partial charge is 0.478 e. The number of ether oxygens (including phenoxy) is 1. The van der Waals surface area contributed by atoms with E-state index in [1.165, 1.54) is 30.3 Å². The van der Waals surface area contributed by atoms with Crippen LogP contribution in [0.3, 0.4) is 0 Å². The molecule has 0 aliphatic carbocycles. The summed E-state index contributed by atoms with van der Waals surface area (Å²) in [6.07, 6.45) is 0. The highest BCUT2D eigenvalue weighted by Gasteiger charge is 2.09. The molecule has 0 amide bonds. The van der Waals surface area contributed by atoms with E-state index in [0.29, 0.717) is 17.1 Å². The zero-order chi connectivity index (χ0) is 14.7. The first kappa shape index (κ1) is 14.2. The predicted octanol–water partition coefficient (Wildman–Crippen LogP) is 4.36. The van der Waals surface area contributed by atoms with Crippen LogP contribution in [0.5, 0.6) is 11.5 Å². The maximum absolute atomic E-state index is 10.8. The van der Waals surface area contributed by atoms with Gasteiger partial charge in [0.25, 0.3) is 0 Å². The molecule has 0 bridgehead atoms. The highest BCUT2D eigenvalue weighted by molar-refractivity contribution is 6.32. The number of carboxylic acid groups (broad SMARTS) is 1. The summed E-state index contributed by atoms with van der Waals surface area (Å²) in [4.78, 5) is 10.8. The van der Waals surface area contributed by atoms with Gasteiger partial charge in [-0.3, -0.25) is 0 Å². The summed E-state index contributed by atoms with van der Waals surface area (Å²) in [7, 11) is 0. The minimum absolute atomic E-state index is 0.0696. The van der Waals surface area contributed by atoms with Crippen LogP contribution in [0.15, 0.2) is 36.4 Å². The lowest BCUT2D eigenvalue weighted by Gasteiger charge is -2.08. The Morgan fingerprint density at radius 2 is 1.90 bits per heavy atom. The van der Waals surface area contributed by atoms with Crippen molar-refractivity contribution in [2.75, 3.05) is 0 Å². The predicted molar refractivity (Wildman–Crippen MR) is 74.7 cm³/mol. The zero-order valence-corrected chi connectivity index (χ0v) is 11.4. The standard InChI is InChI=1S/C14H7Cl2NO3/c15-11-6-10(3-1-9(11)7-17)20-13-4-2-8(14(18)19)5-12(13)16/h1-6H,(H,18,19). The van der Waals surface area contributed by atoms with Gasteiger partial charge >= 0.3 is 5.97 Å². The molecule has 0 radical (unpaired) electrons. The molecule has 0 aliphatic heterocycles. The Hall–Kier alpha value is -2.22. The Morgan fingerprint density at radius 3 is 2.45 bits per heavy atom. The number of benzene rings is 2. The third kappa shape index (κ3) is 3.02. The van der Waals surface area contributed by atoms with Crippen LogP contribution in [0, 0.1) is 11.3 Å². The van der Waals surface area contributed by atoms with Gasteiger partial charge in [-0.05, 0) is 30.3 Å². The second-order valence-corrected chi connectivity index (χ2v) is 4.62. The number of carboxylic acids is 1. The van der Waals surface area contributed by atoms with E-state index in [1.54, 1.807) is 6.07 Å². The third-order valence-corrected chi connectivity index (χ3v) is 3.08. The van der Waals surface area contributed by atoms with E-state index in [4.69, 9.17) is 38.3 Å². The quantitative estimate of drug-likeness (QED) is 0.914. The molecule has 100 valence electrons. The van der Waals surface area contributed by atoms with Crippen LogP contribution in [0.2, 0.25) is 10.0 Å². The molecule has 6 heteroatoms. The van der Waals surface area contributed by atoms with Crippen molar-refractivity contribution in [1.82, 2.24) is 0 Å². The summed E-state index contributed by atoms with van der Waals surface area (Å²) >= 11 is 11.8. The molecule has 0 heterocycles. The van der Waals surface area contributed by atoms with E-state index in [0.717, 1.165) is 0 Å². The lowest BCUT2D eigenvalue weighted by Crippen LogP contribution is -1.96. The molecule has 2 rings (SSSR count). The van der Waals surface area contributed by atoms with Crippen LogP contribution < -0.4 is 4.74 Å². The lowest BCUT2D eigenvalue weighted by atomic mass is 10.2. The molecular formula is C14H7Cl2NO3. The lowest BCUT2D eigenvalue weighted by molar-refractivity contribution is 0.0697. The van der Waals surface area contributed by atoms with Gasteiger partial charge < -0.3 is 9.84 Å². The number of aromatic carboxylic acids is 1. The van der Waals surface area contributed by atoms with Crippen molar-refractivity contribution >= 4 is 29.2 Å². The maximum Gasteiger partial charge on any atom is 0.335 e. The molecule has 0 aromatic heterocycles. The number of nitriles is 1. The van der Waals surface area contributed by atoms with E-state index in [-0.39, 0.29) is 15.6 Å². The third-order valence-electron chi connectivity index (χ3n) is 2.47. The number of nitrogens with zero attached hydrogens (tertiary/aromatic N) is 1. The SMILES string of the molecule is N#Cc1ccc(Oc2ccc(C(=O)O)cc2Cl)cc1Cl. The van der Waals surface area contributed by atoms with Gasteiger partial charge in [-0.25, -0.2) is 4.79 Å². The summed E-state index contributed by atoms with van der Waals surface area (Å²) in [6, 6.07) is 10.7. The van der Waals surface area contributed by atoms with Gasteiger partial charge in [0, 0.05) is 6.07 Å². The van der Waals surface area contributed by atoms with Crippen molar-refractivity contribution in [3.05, 3.63) is 57.6 Å². The highest BCUT2D eigenvalue weighted by atomic mass is 35.5. The van der Waals surface area contributed by atoms with Gasteiger partial charge in [-0.15, -0.1) is 0 Å². The van der Waals surface area contributed by atoms with Crippen LogP contribution in [0.4, 0.5) is 0 Å². The fourth-order valence-corrected chi connectivity index (χ4v) is 1.93. The van der Waals surface area contributed by atoms with Gasteiger partial charge in [0.2, 0.25) is 0 Å². The van der Waals surface area contributed by atoms with Crippen molar-refractivity contribution in [3.8, 4) is 17.6 Å². The molecule has 2 aromatic carbocycles. The summed E-state index contributed by atoms with van der Waals surface area (Å²) in [5, 5.41) is 18.0. The summed E-state index contributed by atoms with van der Waals surface area (Å²) in [5.74, 6) is -0.365. The number of rotatable bonds is 3. The molecule has 4 nitrogen and oxygen atoms in total. The molecule has 0 unspecified atom stereocenters. The van der Waals surface area contributed by atoms with Crippen molar-refractivity contribution in [3.63, 3.8) is 0 Å². The first-order valence-electron chi connectivity index (χ1n) is 5.41. The van der Waals surface area contributed by atoms with E-state index in [9.17, 15) is 4.79 Å². The molecule has 0 fully saturated rings. The molecule has 0 atom stereocenters. The van der Waals surface area contributed by atoms with Gasteiger partial charge in [0.05, 0.1) is 21.2 Å². The monoisotopic (exact) mass is 307 g/mol. The van der Waals surface area contributed by atoms with Gasteiger partial charge in [0.1, 0.15) is 17.6 Å². The molecule has 0 spiro atoms. The average Bonchev–Trinajstić information content (AvgIpc) is 2.41. The summed E-state index contributed by atoms with van der Waals surface area (Å²) in [6.45, 7) is 0. The summed E-state index contributed by atoms with van der Waals surface area (Å²) in [5.41, 5.74) is 0.409. The first-order chi connectivity index (χ1) is 9.51. The van der Waals surface area contributed by atoms with E-state index in [2.05, 4.69) is 0 Å². The highest BCUT2D eigenvalue weighted by Crippen LogP contribution is 2.32. The fourth-order valence-electron chi connectivity index (χ4n) is 1.49. The minimum Gasteiger partial charge on any atom is -0.478 e. The Balaban J connectivity index is 2.29. The van der Waals surface area contributed by atoms with Crippen LogP contribution in [0.1, 0.15) is 15.9 Å². The first-order valence-corrected chi connectivity index (χ1v) is 6.17. The van der Waals surface area contributed by atoms with Crippen LogP contribution >= 0.6 is 23.2 Å². The van der Waals surface area contributed by atoms with E-state index in [1.807, 2.05) is 6.07 Å². The smallest absolute Gasteiger partial charge is 0.335 e. The van der Waals surface area contributed by atoms with Gasteiger partial charge in [-0.2, -0.15) is 5.26 Å². The van der Waals surface area contributed by atoms with Crippen LogP contribution in [0.25, 0.3) is 0 Å². The second kappa shape index (κ2) is 5.83. The number of halogens is 2. The maximum atomic E-state index is 10.8. The van der Waals surface area contributed by atoms with Crippen LogP contribution in [-0.4, -0.2) is 11.1 Å². The molecule has 0 aliphatic rings. The van der Waals surface area contributed by atoms with Crippen molar-refractivity contribution < 1.29 is 14.6 Å². The normalized spacial score (nSPS) is 9.85. The Kier molecular flexibility index (Phi) is 4.14. The van der Waals surface area contributed by atoms with Crippen LogP contribution in [-0.2, 0) is 0 Å². The topological polar surface area (TPSA) is 70.3 Å². The van der Waals surface area contributed by atoms with Gasteiger partial charge in [0.15, 0.2) is 0 Å². The van der Waals surface area contributed by atoms with Crippen molar-refractivity contribution in [2.45, 2.75) is 0 Å². The number of hydrogen-bond acceptors (Lipinski definition) is 3. The molecule has 0 saturated heterocycles. The molecule has 20 heavy (non-hydrogen) atoms. The van der Waals surface area contributed by atoms with E-state index >= 15 is 0 Å². The molecule has 2 aromatic rings. The molecule has 1 N–H and O–H groups in total. The molecule has 0 saturated carbocycles. The zero-order valence-electron chi connectivity index (χ0n) is 9.93. The Bertz CT molecular complexity index is 723. The fraction of sp³-hybridized carbons (Fsp3) is 0. The average molecular weight is 308 g/mol. The van der Waals surface area contributed by atoms with E-state index < -0.39 is 5.97 Å². The summed E-state index contributed by atoms with van der Waals surface area (Å²) < 4.78 is 5.51. The van der Waals surface area contributed by atoms with Crippen molar-refractivity contribution in [2.24, 2.45) is 0 Å². The number of carbonyl (C=O) groups is 1. The number of hydrogen-bond donors (Lipinski definition) is 1. The molecular weight excluding hydrogens is 301 g/mol. The minimum atomic E-state index is -1.07.